The maximum absolute atomic E-state index is 12.7. The van der Waals surface area contributed by atoms with E-state index < -0.39 is 47.5 Å². The van der Waals surface area contributed by atoms with Crippen LogP contribution in [0.2, 0.25) is 0 Å². The number of hydrogen-bond donors (Lipinski definition) is 4. The van der Waals surface area contributed by atoms with Gasteiger partial charge >= 0.3 is 11.9 Å². The summed E-state index contributed by atoms with van der Waals surface area (Å²) in [5.41, 5.74) is 5.60. The summed E-state index contributed by atoms with van der Waals surface area (Å²) in [6.07, 6.45) is 0. The number of nitrogen functional groups attached to an aromatic ring is 1. The van der Waals surface area contributed by atoms with Gasteiger partial charge in [-0.15, -0.1) is 11.8 Å². The van der Waals surface area contributed by atoms with Crippen molar-refractivity contribution in [3.63, 3.8) is 0 Å². The zero-order valence-electron chi connectivity index (χ0n) is 14.8. The minimum Gasteiger partial charge on any atom is -0.479 e. The first-order valence-electron chi connectivity index (χ1n) is 8.02. The third-order valence-corrected chi connectivity index (χ3v) is 6.71. The SMILES string of the molecule is Nc1nc(/C(=N/OCC(=O)O)C(=O)N[C@@H]2C(=O)N3C(C(=O)O)=C(CI)CS[C@@H]23)ns1. The molecule has 30 heavy (non-hydrogen) atoms. The zero-order chi connectivity index (χ0) is 22.0. The number of amides is 2. The Morgan fingerprint density at radius 2 is 2.13 bits per heavy atom. The molecule has 2 aliphatic heterocycles. The first-order valence-corrected chi connectivity index (χ1v) is 11.4. The molecule has 0 saturated carbocycles. The Morgan fingerprint density at radius 1 is 1.40 bits per heavy atom. The fourth-order valence-corrected chi connectivity index (χ4v) is 5.44. The Morgan fingerprint density at radius 3 is 2.70 bits per heavy atom. The molecule has 1 aromatic heterocycles. The highest BCUT2D eigenvalue weighted by Gasteiger charge is 2.54. The Hall–Kier alpha value is -2.47. The number of carbonyl (C=O) groups is 4. The number of nitrogens with zero attached hydrogens (tertiary/aromatic N) is 4. The van der Waals surface area contributed by atoms with E-state index in [1.807, 2.05) is 22.6 Å². The van der Waals surface area contributed by atoms with E-state index in [9.17, 15) is 24.3 Å². The summed E-state index contributed by atoms with van der Waals surface area (Å²) in [4.78, 5) is 57.0. The van der Waals surface area contributed by atoms with E-state index in [0.717, 1.165) is 16.4 Å². The third-order valence-electron chi connectivity index (χ3n) is 3.91. The average Bonchev–Trinajstić information content (AvgIpc) is 3.13. The van der Waals surface area contributed by atoms with Crippen molar-refractivity contribution >= 4 is 80.5 Å². The number of rotatable bonds is 8. The summed E-state index contributed by atoms with van der Waals surface area (Å²) in [5, 5.41) is 23.5. The van der Waals surface area contributed by atoms with Crippen LogP contribution in [0.25, 0.3) is 0 Å². The molecule has 2 amide bonds. The molecular weight excluding hydrogens is 555 g/mol. The Balaban J connectivity index is 1.79. The van der Waals surface area contributed by atoms with Gasteiger partial charge in [0.05, 0.1) is 0 Å². The van der Waals surface area contributed by atoms with Gasteiger partial charge in [0, 0.05) is 21.7 Å². The van der Waals surface area contributed by atoms with Gasteiger partial charge in [0.25, 0.3) is 11.8 Å². The van der Waals surface area contributed by atoms with E-state index in [1.165, 1.54) is 11.8 Å². The summed E-state index contributed by atoms with van der Waals surface area (Å²) >= 11 is 4.13. The Labute approximate surface area is 190 Å². The molecule has 0 unspecified atom stereocenters. The van der Waals surface area contributed by atoms with Crippen LogP contribution in [0.15, 0.2) is 16.4 Å². The van der Waals surface area contributed by atoms with E-state index >= 15 is 0 Å². The van der Waals surface area contributed by atoms with Crippen LogP contribution < -0.4 is 11.1 Å². The lowest BCUT2D eigenvalue weighted by Crippen LogP contribution is -2.71. The van der Waals surface area contributed by atoms with Crippen LogP contribution >= 0.6 is 45.9 Å². The van der Waals surface area contributed by atoms with Crippen molar-refractivity contribution in [2.24, 2.45) is 5.16 Å². The summed E-state index contributed by atoms with van der Waals surface area (Å²) in [6, 6.07) is -1.01. The predicted octanol–water partition coefficient (Wildman–Crippen LogP) is -0.901. The molecule has 16 heteroatoms. The fraction of sp³-hybridized carbons (Fsp3) is 0.357. The standard InChI is InChI=1S/C14H13IN6O7S2/c15-1-4-3-29-12-7(11(25)21(12)8(4)13(26)27)17-10(24)6(19-28-2-5(22)23)9-18-14(16)30-20-9/h7,12H,1-3H2,(H,17,24)(H,22,23)(H,26,27)(H2,16,18,20)/b19-6-/t7-,12+/m1/s1. The second-order valence-electron chi connectivity index (χ2n) is 5.82. The smallest absolute Gasteiger partial charge is 0.352 e. The highest BCUT2D eigenvalue weighted by atomic mass is 127. The number of carboxylic acid groups (broad SMARTS) is 2. The van der Waals surface area contributed by atoms with Gasteiger partial charge < -0.3 is 26.1 Å². The molecule has 0 bridgehead atoms. The Kier molecular flexibility index (Phi) is 6.76. The van der Waals surface area contributed by atoms with Gasteiger partial charge in [-0.25, -0.2) is 9.59 Å². The van der Waals surface area contributed by atoms with Crippen molar-refractivity contribution in [2.45, 2.75) is 11.4 Å². The lowest BCUT2D eigenvalue weighted by molar-refractivity contribution is -0.150. The van der Waals surface area contributed by atoms with Crippen molar-refractivity contribution < 1.29 is 34.2 Å². The van der Waals surface area contributed by atoms with E-state index in [-0.39, 0.29) is 16.7 Å². The molecule has 160 valence electrons. The van der Waals surface area contributed by atoms with Crippen LogP contribution in [-0.2, 0) is 24.0 Å². The second-order valence-corrected chi connectivity index (χ2v) is 8.47. The normalized spacial score (nSPS) is 21.0. The number of alkyl halides is 1. The molecule has 2 aliphatic rings. The third kappa shape index (κ3) is 4.33. The lowest BCUT2D eigenvalue weighted by atomic mass is 10.0. The highest BCUT2D eigenvalue weighted by molar-refractivity contribution is 14.1. The first-order chi connectivity index (χ1) is 14.2. The predicted molar refractivity (Wildman–Crippen MR) is 113 cm³/mol. The molecule has 3 rings (SSSR count). The van der Waals surface area contributed by atoms with Gasteiger partial charge in [0.1, 0.15) is 17.1 Å². The van der Waals surface area contributed by atoms with Gasteiger partial charge in [0.15, 0.2) is 5.13 Å². The van der Waals surface area contributed by atoms with E-state index in [2.05, 4.69) is 24.7 Å². The van der Waals surface area contributed by atoms with Crippen LogP contribution in [-0.4, -0.2) is 82.1 Å². The van der Waals surface area contributed by atoms with Gasteiger partial charge in [-0.1, -0.05) is 27.7 Å². The van der Waals surface area contributed by atoms with E-state index in [0.29, 0.717) is 15.8 Å². The summed E-state index contributed by atoms with van der Waals surface area (Å²) in [7, 11) is 0. The molecule has 0 radical (unpaired) electrons. The largest absolute Gasteiger partial charge is 0.479 e. The maximum atomic E-state index is 12.7. The molecule has 3 heterocycles. The van der Waals surface area contributed by atoms with Crippen LogP contribution in [0.3, 0.4) is 0 Å². The number of anilines is 1. The lowest BCUT2D eigenvalue weighted by Gasteiger charge is -2.49. The summed E-state index contributed by atoms with van der Waals surface area (Å²) in [5.74, 6) is -3.80. The molecule has 0 spiro atoms. The van der Waals surface area contributed by atoms with Crippen LogP contribution in [0.5, 0.6) is 0 Å². The second kappa shape index (κ2) is 9.13. The molecule has 1 saturated heterocycles. The number of β-lactam (4-membered cyclic amide) rings is 1. The number of aliphatic carboxylic acids is 2. The van der Waals surface area contributed by atoms with Crippen LogP contribution in [0, 0.1) is 0 Å². The molecule has 2 atom stereocenters. The number of carboxylic acids is 2. The van der Waals surface area contributed by atoms with Crippen molar-refractivity contribution in [2.75, 3.05) is 22.5 Å². The zero-order valence-corrected chi connectivity index (χ0v) is 18.6. The number of halogens is 1. The van der Waals surface area contributed by atoms with Gasteiger partial charge in [0.2, 0.25) is 18.1 Å². The summed E-state index contributed by atoms with van der Waals surface area (Å²) < 4.78 is 4.30. The molecule has 5 N–H and O–H groups in total. The van der Waals surface area contributed by atoms with Gasteiger partial charge in [-0.3, -0.25) is 14.5 Å². The molecule has 0 aromatic carbocycles. The molecule has 1 aromatic rings. The number of aromatic nitrogens is 2. The quantitative estimate of drug-likeness (QED) is 0.0997. The topological polar surface area (TPSA) is 197 Å². The number of nitrogens with two attached hydrogens (primary N) is 1. The monoisotopic (exact) mass is 568 g/mol. The fourth-order valence-electron chi connectivity index (χ4n) is 2.66. The van der Waals surface area contributed by atoms with Gasteiger partial charge in [-0.2, -0.15) is 9.36 Å². The molecule has 0 aliphatic carbocycles. The van der Waals surface area contributed by atoms with Crippen LogP contribution in [0.4, 0.5) is 5.13 Å². The van der Waals surface area contributed by atoms with Gasteiger partial charge in [-0.05, 0) is 5.57 Å². The number of nitrogens with one attached hydrogen (secondary N) is 1. The number of fused-ring (bicyclic) bond motifs is 1. The van der Waals surface area contributed by atoms with Crippen molar-refractivity contribution in [3.8, 4) is 0 Å². The number of carbonyl (C=O) groups excluding carboxylic acids is 2. The first kappa shape index (κ1) is 22.2. The maximum Gasteiger partial charge on any atom is 0.352 e. The van der Waals surface area contributed by atoms with E-state index in [4.69, 9.17) is 10.8 Å². The number of oxime groups is 1. The molecule has 13 nitrogen and oxygen atoms in total. The minimum atomic E-state index is -1.31. The molecule has 1 fully saturated rings. The number of thioether (sulfide) groups is 1. The summed E-state index contributed by atoms with van der Waals surface area (Å²) in [6.45, 7) is -0.809. The minimum absolute atomic E-state index is 0.0417. The van der Waals surface area contributed by atoms with Crippen molar-refractivity contribution in [1.82, 2.24) is 19.6 Å². The van der Waals surface area contributed by atoms with E-state index in [1.54, 1.807) is 0 Å². The van der Waals surface area contributed by atoms with Crippen molar-refractivity contribution in [1.29, 1.82) is 0 Å². The van der Waals surface area contributed by atoms with Crippen molar-refractivity contribution in [3.05, 3.63) is 17.1 Å². The number of hydrogen-bond acceptors (Lipinski definition) is 11. The van der Waals surface area contributed by atoms with Crippen LogP contribution in [0.1, 0.15) is 5.82 Å². The molecular formula is C14H13IN6O7S2. The Bertz CT molecular complexity index is 980. The average molecular weight is 568 g/mol. The highest BCUT2D eigenvalue weighted by Crippen LogP contribution is 2.40.